The first-order valence-electron chi connectivity index (χ1n) is 8.77. The van der Waals surface area contributed by atoms with Crippen LogP contribution in [-0.2, 0) is 16.1 Å². The third-order valence-electron chi connectivity index (χ3n) is 4.13. The Morgan fingerprint density at radius 3 is 2.62 bits per heavy atom. The summed E-state index contributed by atoms with van der Waals surface area (Å²) in [7, 11) is 0. The molecule has 0 saturated carbocycles. The van der Waals surface area contributed by atoms with Crippen LogP contribution in [-0.4, -0.2) is 34.1 Å². The minimum atomic E-state index is -0.456. The molecule has 1 N–H and O–H groups in total. The second-order valence-corrected chi connectivity index (χ2v) is 7.26. The Labute approximate surface area is 156 Å². The van der Waals surface area contributed by atoms with Gasteiger partial charge in [-0.25, -0.2) is 9.78 Å². The lowest BCUT2D eigenvalue weighted by Crippen LogP contribution is -2.38. The SMILES string of the molecule is CCC[C@H](C)NC(=O)Cn1c(C)nc2sc(C(=O)OCC)c(C)c2c1=O. The largest absolute Gasteiger partial charge is 0.462 e. The first-order valence-corrected chi connectivity index (χ1v) is 9.58. The minimum Gasteiger partial charge on any atom is -0.462 e. The molecular weight excluding hydrogens is 354 g/mol. The molecule has 142 valence electrons. The molecule has 1 atom stereocenters. The third-order valence-corrected chi connectivity index (χ3v) is 5.30. The fourth-order valence-electron chi connectivity index (χ4n) is 2.86. The van der Waals surface area contributed by atoms with Crippen molar-refractivity contribution < 1.29 is 14.3 Å². The quantitative estimate of drug-likeness (QED) is 0.747. The van der Waals surface area contributed by atoms with Gasteiger partial charge in [0.15, 0.2) is 0 Å². The molecule has 0 spiro atoms. The van der Waals surface area contributed by atoms with Gasteiger partial charge in [0.05, 0.1) is 12.0 Å². The molecule has 0 bridgehead atoms. The lowest BCUT2D eigenvalue weighted by atomic mass is 10.2. The summed E-state index contributed by atoms with van der Waals surface area (Å²) < 4.78 is 6.39. The van der Waals surface area contributed by atoms with E-state index in [0.717, 1.165) is 24.2 Å². The Bertz CT molecular complexity index is 885. The number of aryl methyl sites for hydroxylation is 2. The Morgan fingerprint density at radius 1 is 1.31 bits per heavy atom. The Balaban J connectivity index is 2.40. The van der Waals surface area contributed by atoms with Crippen molar-refractivity contribution in [1.82, 2.24) is 14.9 Å². The lowest BCUT2D eigenvalue weighted by Gasteiger charge is -2.14. The fourth-order valence-corrected chi connectivity index (χ4v) is 3.98. The average molecular weight is 379 g/mol. The van der Waals surface area contributed by atoms with E-state index in [2.05, 4.69) is 17.2 Å². The van der Waals surface area contributed by atoms with Gasteiger partial charge in [-0.05, 0) is 39.7 Å². The van der Waals surface area contributed by atoms with Crippen LogP contribution in [0.5, 0.6) is 0 Å². The van der Waals surface area contributed by atoms with Crippen LogP contribution in [0.25, 0.3) is 10.2 Å². The van der Waals surface area contributed by atoms with E-state index in [4.69, 9.17) is 4.74 Å². The van der Waals surface area contributed by atoms with E-state index in [9.17, 15) is 14.4 Å². The number of hydrogen-bond donors (Lipinski definition) is 1. The maximum atomic E-state index is 12.9. The van der Waals surface area contributed by atoms with Gasteiger partial charge in [-0.2, -0.15) is 0 Å². The highest BCUT2D eigenvalue weighted by atomic mass is 32.1. The normalized spacial score (nSPS) is 12.2. The van der Waals surface area contributed by atoms with E-state index in [-0.39, 0.29) is 30.7 Å². The Hall–Kier alpha value is -2.22. The number of nitrogens with one attached hydrogen (secondary N) is 1. The number of ether oxygens (including phenoxy) is 1. The van der Waals surface area contributed by atoms with Gasteiger partial charge in [-0.15, -0.1) is 11.3 Å². The summed E-state index contributed by atoms with van der Waals surface area (Å²) in [6.45, 7) is 9.28. The molecule has 26 heavy (non-hydrogen) atoms. The molecule has 0 aliphatic heterocycles. The van der Waals surface area contributed by atoms with E-state index in [0.29, 0.717) is 26.5 Å². The van der Waals surface area contributed by atoms with Crippen molar-refractivity contribution in [3.8, 4) is 0 Å². The molecule has 0 aliphatic carbocycles. The molecule has 0 saturated heterocycles. The van der Waals surface area contributed by atoms with E-state index >= 15 is 0 Å². The van der Waals surface area contributed by atoms with Crippen molar-refractivity contribution in [3.63, 3.8) is 0 Å². The van der Waals surface area contributed by atoms with Gasteiger partial charge in [0.1, 0.15) is 22.1 Å². The number of nitrogens with zero attached hydrogens (tertiary/aromatic N) is 2. The summed E-state index contributed by atoms with van der Waals surface area (Å²) in [6.07, 6.45) is 1.85. The summed E-state index contributed by atoms with van der Waals surface area (Å²) in [5, 5.41) is 3.26. The molecule has 0 radical (unpaired) electrons. The Morgan fingerprint density at radius 2 is 2.00 bits per heavy atom. The maximum absolute atomic E-state index is 12.9. The molecule has 7 nitrogen and oxygen atoms in total. The number of esters is 1. The van der Waals surface area contributed by atoms with Crippen LogP contribution in [0.15, 0.2) is 4.79 Å². The van der Waals surface area contributed by atoms with Crippen LogP contribution < -0.4 is 10.9 Å². The molecule has 1 amide bonds. The summed E-state index contributed by atoms with van der Waals surface area (Å²) in [5.41, 5.74) is 0.240. The van der Waals surface area contributed by atoms with E-state index in [1.165, 1.54) is 4.57 Å². The summed E-state index contributed by atoms with van der Waals surface area (Å²) in [4.78, 5) is 42.5. The van der Waals surface area contributed by atoms with Crippen molar-refractivity contribution in [3.05, 3.63) is 26.6 Å². The molecular formula is C18H25N3O4S. The maximum Gasteiger partial charge on any atom is 0.348 e. The van der Waals surface area contributed by atoms with E-state index in [1.807, 2.05) is 6.92 Å². The average Bonchev–Trinajstić information content (AvgIpc) is 2.88. The Kier molecular flexibility index (Phi) is 6.52. The van der Waals surface area contributed by atoms with Crippen molar-refractivity contribution >= 4 is 33.4 Å². The molecule has 2 rings (SSSR count). The predicted molar refractivity (Wildman–Crippen MR) is 102 cm³/mol. The van der Waals surface area contributed by atoms with Crippen LogP contribution in [0.3, 0.4) is 0 Å². The van der Waals surface area contributed by atoms with Crippen LogP contribution in [0.1, 0.15) is 54.7 Å². The van der Waals surface area contributed by atoms with Crippen LogP contribution in [0, 0.1) is 13.8 Å². The number of rotatable bonds is 7. The van der Waals surface area contributed by atoms with Gasteiger partial charge in [-0.3, -0.25) is 14.2 Å². The zero-order valence-electron chi connectivity index (χ0n) is 15.8. The summed E-state index contributed by atoms with van der Waals surface area (Å²) in [6, 6.07) is 0.0542. The van der Waals surface area contributed by atoms with Crippen molar-refractivity contribution in [2.45, 2.75) is 60.0 Å². The molecule has 2 aromatic heterocycles. The highest BCUT2D eigenvalue weighted by Crippen LogP contribution is 2.28. The highest BCUT2D eigenvalue weighted by molar-refractivity contribution is 7.20. The molecule has 0 unspecified atom stereocenters. The van der Waals surface area contributed by atoms with Gasteiger partial charge in [0.25, 0.3) is 5.56 Å². The molecule has 0 aromatic carbocycles. The first-order chi connectivity index (χ1) is 12.3. The minimum absolute atomic E-state index is 0.0542. The fraction of sp³-hybridized carbons (Fsp3) is 0.556. The molecule has 0 fully saturated rings. The number of hydrogen-bond acceptors (Lipinski definition) is 6. The molecule has 2 aromatic rings. The second-order valence-electron chi connectivity index (χ2n) is 6.26. The molecule has 2 heterocycles. The standard InChI is InChI=1S/C18H25N3O4S/c1-6-8-10(3)19-13(22)9-21-12(5)20-16-14(17(21)23)11(4)15(26-16)18(24)25-7-2/h10H,6-9H2,1-5H3,(H,19,22)/t10-/m0/s1. The van der Waals surface area contributed by atoms with Gasteiger partial charge < -0.3 is 10.1 Å². The molecule has 0 aliphatic rings. The van der Waals surface area contributed by atoms with Gasteiger partial charge in [0.2, 0.25) is 5.91 Å². The number of aromatic nitrogens is 2. The van der Waals surface area contributed by atoms with Crippen LogP contribution in [0.4, 0.5) is 0 Å². The van der Waals surface area contributed by atoms with Crippen molar-refractivity contribution in [1.29, 1.82) is 0 Å². The van der Waals surface area contributed by atoms with Crippen LogP contribution in [0.2, 0.25) is 0 Å². The zero-order valence-corrected chi connectivity index (χ0v) is 16.7. The number of carbonyl (C=O) groups is 2. The predicted octanol–water partition coefficient (Wildman–Crippen LogP) is 2.56. The highest BCUT2D eigenvalue weighted by Gasteiger charge is 2.22. The summed E-state index contributed by atoms with van der Waals surface area (Å²) >= 11 is 1.15. The van der Waals surface area contributed by atoms with Crippen molar-refractivity contribution in [2.75, 3.05) is 6.61 Å². The topological polar surface area (TPSA) is 90.3 Å². The van der Waals surface area contributed by atoms with Gasteiger partial charge >= 0.3 is 5.97 Å². The summed E-state index contributed by atoms with van der Waals surface area (Å²) in [5.74, 6) is -0.240. The second kappa shape index (κ2) is 8.44. The monoisotopic (exact) mass is 379 g/mol. The molecule has 8 heteroatoms. The zero-order chi connectivity index (χ0) is 19.4. The number of thiophene rings is 1. The first kappa shape index (κ1) is 20.1. The van der Waals surface area contributed by atoms with E-state index < -0.39 is 5.97 Å². The smallest absolute Gasteiger partial charge is 0.348 e. The van der Waals surface area contributed by atoms with Gasteiger partial charge in [-0.1, -0.05) is 13.3 Å². The van der Waals surface area contributed by atoms with E-state index in [1.54, 1.807) is 20.8 Å². The number of carbonyl (C=O) groups excluding carboxylic acids is 2. The van der Waals surface area contributed by atoms with Crippen LogP contribution >= 0.6 is 11.3 Å². The van der Waals surface area contributed by atoms with Gasteiger partial charge in [0, 0.05) is 6.04 Å². The number of fused-ring (bicyclic) bond motifs is 1. The lowest BCUT2D eigenvalue weighted by molar-refractivity contribution is -0.122. The third kappa shape index (κ3) is 4.12. The van der Waals surface area contributed by atoms with Crippen molar-refractivity contribution in [2.24, 2.45) is 0 Å². The number of amides is 1.